The molecule has 0 radical (unpaired) electrons. The zero-order valence-electron chi connectivity index (χ0n) is 18.1. The SMILES string of the molecule is C=C(OCCCC)/C(CN1CCc2c(C)cc(I)c(Cl)c2C1=O)=C(\C=C(\C)N)OC. The van der Waals surface area contributed by atoms with Gasteiger partial charge in [0, 0.05) is 15.8 Å². The molecule has 0 saturated heterocycles. The Morgan fingerprint density at radius 3 is 2.77 bits per heavy atom. The number of unbranched alkanes of at least 4 members (excludes halogenated alkanes) is 1. The highest BCUT2D eigenvalue weighted by atomic mass is 127. The molecule has 0 aromatic heterocycles. The first-order valence-corrected chi connectivity index (χ1v) is 11.5. The van der Waals surface area contributed by atoms with Crippen molar-refractivity contribution >= 4 is 40.1 Å². The molecule has 7 heteroatoms. The Labute approximate surface area is 198 Å². The number of methoxy groups -OCH3 is 1. The van der Waals surface area contributed by atoms with E-state index in [2.05, 4.69) is 36.1 Å². The number of rotatable bonds is 9. The van der Waals surface area contributed by atoms with Gasteiger partial charge in [-0.05, 0) is 72.5 Å². The Bertz CT molecular complexity index is 889. The van der Waals surface area contributed by atoms with Crippen LogP contribution in [-0.4, -0.2) is 37.6 Å². The molecule has 0 spiro atoms. The number of carbonyl (C=O) groups excluding carboxylic acids is 1. The molecule has 0 fully saturated rings. The molecule has 0 atom stereocenters. The number of allylic oxidation sites excluding steroid dienone is 2. The minimum absolute atomic E-state index is 0.0920. The van der Waals surface area contributed by atoms with Crippen LogP contribution in [0.3, 0.4) is 0 Å². The quantitative estimate of drug-likeness (QED) is 0.197. The molecule has 2 rings (SSSR count). The number of fused-ring (bicyclic) bond motifs is 1. The molecule has 0 unspecified atom stereocenters. The predicted octanol–water partition coefficient (Wildman–Crippen LogP) is 5.34. The van der Waals surface area contributed by atoms with Gasteiger partial charge in [0.05, 0.1) is 36.4 Å². The number of amides is 1. The molecule has 0 aliphatic carbocycles. The third kappa shape index (κ3) is 5.72. The predicted molar refractivity (Wildman–Crippen MR) is 130 cm³/mol. The van der Waals surface area contributed by atoms with Gasteiger partial charge in [0.2, 0.25) is 0 Å². The van der Waals surface area contributed by atoms with Gasteiger partial charge >= 0.3 is 0 Å². The second-order valence-corrected chi connectivity index (χ2v) is 8.92. The maximum Gasteiger partial charge on any atom is 0.256 e. The summed E-state index contributed by atoms with van der Waals surface area (Å²) in [5.74, 6) is 0.937. The summed E-state index contributed by atoms with van der Waals surface area (Å²) in [5.41, 5.74) is 9.88. The molecule has 1 aromatic carbocycles. The summed E-state index contributed by atoms with van der Waals surface area (Å²) in [6.45, 7) is 11.4. The smallest absolute Gasteiger partial charge is 0.256 e. The number of benzene rings is 1. The number of carbonyl (C=O) groups is 1. The van der Waals surface area contributed by atoms with Gasteiger partial charge in [0.1, 0.15) is 11.5 Å². The van der Waals surface area contributed by atoms with Crippen LogP contribution in [0.2, 0.25) is 5.02 Å². The minimum Gasteiger partial charge on any atom is -0.496 e. The van der Waals surface area contributed by atoms with E-state index in [0.717, 1.165) is 34.0 Å². The maximum absolute atomic E-state index is 13.4. The van der Waals surface area contributed by atoms with Crippen molar-refractivity contribution in [1.29, 1.82) is 0 Å². The molecule has 1 amide bonds. The van der Waals surface area contributed by atoms with E-state index in [1.165, 1.54) is 0 Å². The van der Waals surface area contributed by atoms with Crippen molar-refractivity contribution in [2.24, 2.45) is 5.73 Å². The van der Waals surface area contributed by atoms with Crippen LogP contribution in [0.25, 0.3) is 0 Å². The number of halogens is 2. The van der Waals surface area contributed by atoms with E-state index in [0.29, 0.717) is 53.1 Å². The molecule has 1 heterocycles. The molecule has 5 nitrogen and oxygen atoms in total. The van der Waals surface area contributed by atoms with Crippen LogP contribution >= 0.6 is 34.2 Å². The lowest BCUT2D eigenvalue weighted by Crippen LogP contribution is -2.40. The standard InChI is InChI=1S/C23H30ClIN2O3/c1-6-7-10-30-16(4)18(20(29-5)12-15(3)26)13-27-9-8-17-14(2)11-19(25)22(24)21(17)23(27)28/h11-12H,4,6-10,13,26H2,1-3,5H3/b15-12-,20-18+. The summed E-state index contributed by atoms with van der Waals surface area (Å²) in [4.78, 5) is 15.1. The van der Waals surface area contributed by atoms with Gasteiger partial charge in [-0.1, -0.05) is 31.5 Å². The second kappa shape index (κ2) is 11.1. The van der Waals surface area contributed by atoms with E-state index in [-0.39, 0.29) is 5.91 Å². The van der Waals surface area contributed by atoms with Crippen LogP contribution in [0, 0.1) is 10.5 Å². The average Bonchev–Trinajstić information content (AvgIpc) is 2.69. The minimum atomic E-state index is -0.0920. The van der Waals surface area contributed by atoms with Crippen molar-refractivity contribution in [3.05, 3.63) is 66.8 Å². The molecule has 2 N–H and O–H groups in total. The van der Waals surface area contributed by atoms with Crippen molar-refractivity contribution in [3.63, 3.8) is 0 Å². The number of nitrogens with two attached hydrogens (primary N) is 1. The monoisotopic (exact) mass is 544 g/mol. The Morgan fingerprint density at radius 1 is 1.47 bits per heavy atom. The molecular weight excluding hydrogens is 515 g/mol. The molecule has 30 heavy (non-hydrogen) atoms. The van der Waals surface area contributed by atoms with Gasteiger partial charge in [-0.15, -0.1) is 0 Å². The lowest BCUT2D eigenvalue weighted by molar-refractivity contribution is 0.0749. The number of ether oxygens (including phenoxy) is 2. The van der Waals surface area contributed by atoms with Gasteiger partial charge < -0.3 is 20.1 Å². The summed E-state index contributed by atoms with van der Waals surface area (Å²) in [6.07, 6.45) is 4.41. The van der Waals surface area contributed by atoms with Crippen molar-refractivity contribution < 1.29 is 14.3 Å². The number of nitrogens with zero attached hydrogens (tertiary/aromatic N) is 1. The number of hydrogen-bond acceptors (Lipinski definition) is 4. The van der Waals surface area contributed by atoms with E-state index < -0.39 is 0 Å². The molecule has 1 aromatic rings. The number of hydrogen-bond donors (Lipinski definition) is 1. The Morgan fingerprint density at radius 2 is 2.17 bits per heavy atom. The van der Waals surface area contributed by atoms with Crippen molar-refractivity contribution in [2.45, 2.75) is 40.0 Å². The summed E-state index contributed by atoms with van der Waals surface area (Å²) in [5, 5.41) is 0.513. The highest BCUT2D eigenvalue weighted by molar-refractivity contribution is 14.1. The Balaban J connectivity index is 2.41. The summed E-state index contributed by atoms with van der Waals surface area (Å²) in [7, 11) is 1.57. The topological polar surface area (TPSA) is 64.8 Å². The average molecular weight is 545 g/mol. The van der Waals surface area contributed by atoms with Crippen LogP contribution < -0.4 is 5.73 Å². The summed E-state index contributed by atoms with van der Waals surface area (Å²) < 4.78 is 12.3. The van der Waals surface area contributed by atoms with E-state index in [1.807, 2.05) is 13.0 Å². The first kappa shape index (κ1) is 24.6. The highest BCUT2D eigenvalue weighted by Gasteiger charge is 2.30. The van der Waals surface area contributed by atoms with Crippen molar-refractivity contribution in [2.75, 3.05) is 26.8 Å². The van der Waals surface area contributed by atoms with Gasteiger partial charge in [0.25, 0.3) is 5.91 Å². The number of aryl methyl sites for hydroxylation is 1. The van der Waals surface area contributed by atoms with E-state index >= 15 is 0 Å². The third-order valence-corrected chi connectivity index (χ3v) is 6.58. The van der Waals surface area contributed by atoms with E-state index in [1.54, 1.807) is 25.0 Å². The lowest BCUT2D eigenvalue weighted by atomic mass is 9.94. The summed E-state index contributed by atoms with van der Waals surface area (Å²) >= 11 is 8.70. The van der Waals surface area contributed by atoms with Gasteiger partial charge in [-0.3, -0.25) is 4.79 Å². The van der Waals surface area contributed by atoms with Crippen LogP contribution in [0.1, 0.15) is 48.2 Å². The molecular formula is C23H30ClIN2O3. The van der Waals surface area contributed by atoms with Gasteiger partial charge in [-0.25, -0.2) is 0 Å². The van der Waals surface area contributed by atoms with Crippen LogP contribution in [0.5, 0.6) is 0 Å². The molecule has 0 saturated carbocycles. The maximum atomic E-state index is 13.4. The van der Waals surface area contributed by atoms with Gasteiger partial charge in [-0.2, -0.15) is 0 Å². The fraction of sp³-hybridized carbons (Fsp3) is 0.435. The zero-order chi connectivity index (χ0) is 22.4. The van der Waals surface area contributed by atoms with Crippen LogP contribution in [-0.2, 0) is 15.9 Å². The Hall–Kier alpha value is -1.67. The molecule has 1 aliphatic rings. The van der Waals surface area contributed by atoms with Crippen LogP contribution in [0.15, 0.2) is 41.5 Å². The van der Waals surface area contributed by atoms with Crippen molar-refractivity contribution in [3.8, 4) is 0 Å². The zero-order valence-corrected chi connectivity index (χ0v) is 21.0. The van der Waals surface area contributed by atoms with E-state index in [4.69, 9.17) is 26.8 Å². The largest absolute Gasteiger partial charge is 0.496 e. The fourth-order valence-electron chi connectivity index (χ4n) is 3.39. The molecule has 164 valence electrons. The fourth-order valence-corrected chi connectivity index (χ4v) is 4.38. The first-order valence-electron chi connectivity index (χ1n) is 10.0. The van der Waals surface area contributed by atoms with Gasteiger partial charge in [0.15, 0.2) is 0 Å². The normalized spacial score (nSPS) is 14.9. The van der Waals surface area contributed by atoms with E-state index in [9.17, 15) is 4.79 Å². The Kier molecular flexibility index (Phi) is 9.09. The molecule has 1 aliphatic heterocycles. The lowest BCUT2D eigenvalue weighted by Gasteiger charge is -2.32. The highest BCUT2D eigenvalue weighted by Crippen LogP contribution is 2.33. The van der Waals surface area contributed by atoms with Crippen LogP contribution in [0.4, 0.5) is 0 Å². The first-order chi connectivity index (χ1) is 14.2. The molecule has 0 bridgehead atoms. The summed E-state index contributed by atoms with van der Waals surface area (Å²) in [6, 6.07) is 2.03. The third-order valence-electron chi connectivity index (χ3n) is 5.02. The van der Waals surface area contributed by atoms with Crippen molar-refractivity contribution in [1.82, 2.24) is 4.90 Å². The second-order valence-electron chi connectivity index (χ2n) is 7.38.